The van der Waals surface area contributed by atoms with E-state index in [-0.39, 0.29) is 46.8 Å². The molecule has 0 bridgehead atoms. The number of pyridine rings is 1. The Labute approximate surface area is 230 Å². The van der Waals surface area contributed by atoms with Crippen LogP contribution in [0.4, 0.5) is 15.5 Å². The molecule has 210 valence electrons. The summed E-state index contributed by atoms with van der Waals surface area (Å²) >= 11 is 0. The van der Waals surface area contributed by atoms with Gasteiger partial charge in [0.1, 0.15) is 17.0 Å². The van der Waals surface area contributed by atoms with Crippen LogP contribution in [0.5, 0.6) is 0 Å². The van der Waals surface area contributed by atoms with E-state index in [0.29, 0.717) is 16.4 Å². The van der Waals surface area contributed by atoms with Gasteiger partial charge in [-0.25, -0.2) is 14.6 Å². The molecular formula is C27H31N7O6. The predicted octanol–water partition coefficient (Wildman–Crippen LogP) is 4.67. The smallest absolute Gasteiger partial charge is 0.427 e. The van der Waals surface area contributed by atoms with E-state index < -0.39 is 23.4 Å². The van der Waals surface area contributed by atoms with Crippen LogP contribution >= 0.6 is 0 Å². The number of carbonyl (C=O) groups is 2. The summed E-state index contributed by atoms with van der Waals surface area (Å²) in [6, 6.07) is 8.28. The first kappa shape index (κ1) is 28.4. The summed E-state index contributed by atoms with van der Waals surface area (Å²) in [5, 5.41) is 22.7. The first-order valence-electron chi connectivity index (χ1n) is 12.4. The number of aryl methyl sites for hydroxylation is 1. The van der Waals surface area contributed by atoms with Crippen LogP contribution in [0.2, 0.25) is 0 Å². The number of amides is 2. The topological polar surface area (TPSA) is 169 Å². The number of aliphatic hydroxyl groups is 1. The maximum atomic E-state index is 13.3. The van der Waals surface area contributed by atoms with Gasteiger partial charge in [0.15, 0.2) is 11.4 Å². The lowest BCUT2D eigenvalue weighted by Crippen LogP contribution is -2.44. The van der Waals surface area contributed by atoms with Crippen molar-refractivity contribution in [3.8, 4) is 11.6 Å². The van der Waals surface area contributed by atoms with Gasteiger partial charge >= 0.3 is 12.2 Å². The molecular weight excluding hydrogens is 518 g/mol. The number of nitrogens with one attached hydrogen (secondary N) is 1. The number of nitrogens with zero attached hydrogens (tertiary/aromatic N) is 6. The number of carbonyl (C=O) groups excluding carboxylic acids is 2. The van der Waals surface area contributed by atoms with Gasteiger partial charge in [-0.15, -0.1) is 4.90 Å². The van der Waals surface area contributed by atoms with E-state index >= 15 is 0 Å². The predicted molar refractivity (Wildman–Crippen MR) is 144 cm³/mol. The van der Waals surface area contributed by atoms with Crippen molar-refractivity contribution in [2.75, 3.05) is 4.90 Å². The van der Waals surface area contributed by atoms with Gasteiger partial charge in [0.2, 0.25) is 11.8 Å². The molecule has 0 aliphatic heterocycles. The highest BCUT2D eigenvalue weighted by Crippen LogP contribution is 2.27. The van der Waals surface area contributed by atoms with Gasteiger partial charge in [-0.05, 0) is 72.7 Å². The van der Waals surface area contributed by atoms with E-state index in [2.05, 4.69) is 20.1 Å². The zero-order valence-electron chi connectivity index (χ0n) is 23.3. The molecule has 13 heteroatoms. The van der Waals surface area contributed by atoms with E-state index in [1.54, 1.807) is 78.8 Å². The molecule has 0 saturated carbocycles. The summed E-state index contributed by atoms with van der Waals surface area (Å²) in [5.41, 5.74) is -1.00. The molecule has 13 nitrogen and oxygen atoms in total. The Morgan fingerprint density at radius 3 is 2.20 bits per heavy atom. The van der Waals surface area contributed by atoms with Crippen molar-refractivity contribution in [2.45, 2.75) is 66.3 Å². The van der Waals surface area contributed by atoms with E-state index in [1.165, 1.54) is 10.7 Å². The molecule has 4 heterocycles. The highest BCUT2D eigenvalue weighted by molar-refractivity contribution is 6.13. The number of hydrogen-bond donors (Lipinski definition) is 2. The first-order valence-corrected chi connectivity index (χ1v) is 12.4. The third kappa shape index (κ3) is 6.15. The first-order chi connectivity index (χ1) is 18.7. The molecule has 0 spiro atoms. The van der Waals surface area contributed by atoms with Gasteiger partial charge in [0.25, 0.3) is 0 Å². The second-order valence-corrected chi connectivity index (χ2v) is 10.9. The molecule has 4 aromatic heterocycles. The summed E-state index contributed by atoms with van der Waals surface area (Å²) in [7, 11) is 0. The number of hydrogen-bond acceptors (Lipinski definition) is 11. The fourth-order valence-corrected chi connectivity index (χ4v) is 3.55. The number of anilines is 1. The quantitative estimate of drug-likeness (QED) is 0.333. The lowest BCUT2D eigenvalue weighted by molar-refractivity contribution is 0.0427. The lowest BCUT2D eigenvalue weighted by Gasteiger charge is -2.27. The molecule has 0 saturated heterocycles. The average Bonchev–Trinajstić information content (AvgIpc) is 3.47. The Bertz CT molecular complexity index is 1560. The molecule has 0 radical (unpaired) electrons. The Morgan fingerprint density at radius 2 is 1.65 bits per heavy atom. The summed E-state index contributed by atoms with van der Waals surface area (Å²) in [5.74, 6) is 0.610. The van der Waals surface area contributed by atoms with Crippen LogP contribution < -0.4 is 4.90 Å². The van der Waals surface area contributed by atoms with Gasteiger partial charge in [0.05, 0.1) is 35.5 Å². The Balaban J connectivity index is 1.95. The van der Waals surface area contributed by atoms with Crippen molar-refractivity contribution in [1.82, 2.24) is 24.6 Å². The standard InChI is InChI=1S/C27H31N7O6/c1-15-11-12-19(38-15)22-32-23(33(24(36)39-26(2,3)4)25(37)40-27(5,6)7)31-21-17(13-29-34(21)22)20(28)18-10-8-9-16(14-35)30-18/h8-13,28,35H,14H2,1-7H3. The van der Waals surface area contributed by atoms with Gasteiger partial charge in [-0.1, -0.05) is 6.07 Å². The van der Waals surface area contributed by atoms with Crippen molar-refractivity contribution in [2.24, 2.45) is 0 Å². The third-order valence-electron chi connectivity index (χ3n) is 5.16. The summed E-state index contributed by atoms with van der Waals surface area (Å²) < 4.78 is 18.1. The van der Waals surface area contributed by atoms with Gasteiger partial charge < -0.3 is 19.0 Å². The number of aromatic nitrogens is 5. The van der Waals surface area contributed by atoms with Crippen molar-refractivity contribution in [1.29, 1.82) is 5.41 Å². The van der Waals surface area contributed by atoms with E-state index in [1.807, 2.05) is 0 Å². The van der Waals surface area contributed by atoms with Crippen molar-refractivity contribution in [3.05, 3.63) is 59.2 Å². The zero-order chi connectivity index (χ0) is 29.4. The largest absolute Gasteiger partial charge is 0.458 e. The Morgan fingerprint density at radius 1 is 1.00 bits per heavy atom. The lowest BCUT2D eigenvalue weighted by atomic mass is 10.1. The van der Waals surface area contributed by atoms with E-state index in [0.717, 1.165) is 0 Å². The molecule has 2 amide bonds. The minimum absolute atomic E-state index is 0.0578. The molecule has 2 N–H and O–H groups in total. The number of rotatable bonds is 5. The summed E-state index contributed by atoms with van der Waals surface area (Å²) in [4.78, 5) is 40.5. The summed E-state index contributed by atoms with van der Waals surface area (Å²) in [6.07, 6.45) is -0.712. The van der Waals surface area contributed by atoms with Crippen LogP contribution in [-0.4, -0.2) is 58.8 Å². The molecule has 0 unspecified atom stereocenters. The number of aliphatic hydroxyl groups excluding tert-OH is 1. The highest BCUT2D eigenvalue weighted by atomic mass is 16.6. The normalized spacial score (nSPS) is 11.9. The summed E-state index contributed by atoms with van der Waals surface area (Å²) in [6.45, 7) is 11.4. The zero-order valence-corrected chi connectivity index (χ0v) is 23.3. The SMILES string of the molecule is Cc1ccc(-c2nc(N(C(=O)OC(C)(C)C)C(=O)OC(C)(C)C)nc3c(C(=N)c4cccc(CO)n4)cnn23)o1. The van der Waals surface area contributed by atoms with Crippen LogP contribution in [0.3, 0.4) is 0 Å². The molecule has 4 aromatic rings. The fraction of sp³-hybridized carbons (Fsp3) is 0.370. The van der Waals surface area contributed by atoms with Crippen LogP contribution in [0.15, 0.2) is 40.9 Å². The highest BCUT2D eigenvalue weighted by Gasteiger charge is 2.36. The number of ether oxygens (including phenoxy) is 2. The van der Waals surface area contributed by atoms with Gasteiger partial charge in [-0.3, -0.25) is 5.41 Å². The van der Waals surface area contributed by atoms with Crippen LogP contribution in [-0.2, 0) is 16.1 Å². The monoisotopic (exact) mass is 549 g/mol. The number of furan rings is 1. The van der Waals surface area contributed by atoms with Crippen LogP contribution in [0.1, 0.15) is 64.3 Å². The molecule has 0 aromatic carbocycles. The number of fused-ring (bicyclic) bond motifs is 1. The molecule has 4 rings (SSSR count). The van der Waals surface area contributed by atoms with E-state index in [9.17, 15) is 14.7 Å². The van der Waals surface area contributed by atoms with E-state index in [4.69, 9.17) is 19.3 Å². The van der Waals surface area contributed by atoms with Crippen LogP contribution in [0.25, 0.3) is 17.2 Å². The van der Waals surface area contributed by atoms with Crippen molar-refractivity contribution in [3.63, 3.8) is 0 Å². The van der Waals surface area contributed by atoms with Crippen molar-refractivity contribution >= 4 is 29.5 Å². The Hall–Kier alpha value is -4.65. The molecule has 0 fully saturated rings. The molecule has 40 heavy (non-hydrogen) atoms. The minimum Gasteiger partial charge on any atom is -0.458 e. The molecule has 0 atom stereocenters. The molecule has 0 aliphatic carbocycles. The average molecular weight is 550 g/mol. The second-order valence-electron chi connectivity index (χ2n) is 10.9. The Kier molecular flexibility index (Phi) is 7.44. The van der Waals surface area contributed by atoms with Crippen molar-refractivity contribution < 1.29 is 28.6 Å². The number of imide groups is 1. The maximum Gasteiger partial charge on any atom is 0.427 e. The maximum absolute atomic E-state index is 13.3. The third-order valence-corrected chi connectivity index (χ3v) is 5.16. The molecule has 0 aliphatic rings. The van der Waals surface area contributed by atoms with Gasteiger partial charge in [0, 0.05) is 0 Å². The second kappa shape index (κ2) is 10.5. The minimum atomic E-state index is -1.05. The fourth-order valence-electron chi connectivity index (χ4n) is 3.55. The van der Waals surface area contributed by atoms with Gasteiger partial charge in [-0.2, -0.15) is 19.6 Å². The van der Waals surface area contributed by atoms with Crippen LogP contribution in [0, 0.1) is 12.3 Å².